The average Bonchev–Trinajstić information content (AvgIpc) is 3.20. The van der Waals surface area contributed by atoms with Gasteiger partial charge in [0.15, 0.2) is 5.78 Å². The highest BCUT2D eigenvalue weighted by Gasteiger charge is 2.31. The summed E-state index contributed by atoms with van der Waals surface area (Å²) in [6.07, 6.45) is 2.93. The summed E-state index contributed by atoms with van der Waals surface area (Å²) in [5, 5.41) is 8.90. The van der Waals surface area contributed by atoms with E-state index in [9.17, 15) is 14.4 Å². The highest BCUT2D eigenvalue weighted by atomic mass is 16.2. The van der Waals surface area contributed by atoms with Crippen LogP contribution in [0.5, 0.6) is 0 Å². The van der Waals surface area contributed by atoms with Crippen LogP contribution in [0.3, 0.4) is 0 Å². The number of benzene rings is 1. The molecule has 4 atom stereocenters. The molecule has 0 aromatic heterocycles. The van der Waals surface area contributed by atoms with Gasteiger partial charge in [0.2, 0.25) is 11.8 Å². The molecular formula is C21H31N3O3. The van der Waals surface area contributed by atoms with Gasteiger partial charge in [0.1, 0.15) is 6.04 Å². The van der Waals surface area contributed by atoms with Crippen LogP contribution in [0.15, 0.2) is 30.3 Å². The number of Topliss-reactive ketones (excluding diaryl/α,β-unsaturated/α-hetero) is 1. The van der Waals surface area contributed by atoms with Crippen molar-refractivity contribution < 1.29 is 14.4 Å². The molecule has 1 aliphatic rings. The van der Waals surface area contributed by atoms with Crippen LogP contribution in [0.2, 0.25) is 0 Å². The summed E-state index contributed by atoms with van der Waals surface area (Å²) in [6, 6.07) is 8.10. The van der Waals surface area contributed by atoms with Crippen LogP contribution in [-0.2, 0) is 20.8 Å². The molecule has 6 nitrogen and oxygen atoms in total. The van der Waals surface area contributed by atoms with Crippen LogP contribution in [0.4, 0.5) is 0 Å². The van der Waals surface area contributed by atoms with E-state index in [0.29, 0.717) is 6.42 Å². The van der Waals surface area contributed by atoms with Crippen molar-refractivity contribution in [1.29, 1.82) is 0 Å². The Morgan fingerprint density at radius 3 is 2.44 bits per heavy atom. The van der Waals surface area contributed by atoms with Gasteiger partial charge in [0.25, 0.3) is 0 Å². The molecule has 0 saturated carbocycles. The van der Waals surface area contributed by atoms with Gasteiger partial charge in [0.05, 0.1) is 12.1 Å². The standard InChI is InChI=1S/C21H31N3O3/c1-4-14(2)19(24-20(26)17-11-8-12-22-17)21(27)23-18(15(3)25)13-16-9-6-5-7-10-16/h5-7,9-10,14,17-19,22H,4,8,11-13H2,1-3H3,(H,23,27)(H,24,26). The molecule has 27 heavy (non-hydrogen) atoms. The number of rotatable bonds is 9. The van der Waals surface area contributed by atoms with E-state index >= 15 is 0 Å². The van der Waals surface area contributed by atoms with Gasteiger partial charge in [-0.1, -0.05) is 50.6 Å². The molecule has 0 radical (unpaired) electrons. The van der Waals surface area contributed by atoms with Gasteiger partial charge < -0.3 is 16.0 Å². The Kier molecular flexibility index (Phi) is 7.98. The van der Waals surface area contributed by atoms with Gasteiger partial charge in [-0.15, -0.1) is 0 Å². The number of hydrogen-bond acceptors (Lipinski definition) is 4. The Balaban J connectivity index is 2.05. The van der Waals surface area contributed by atoms with Crippen LogP contribution in [-0.4, -0.2) is 42.3 Å². The number of nitrogens with one attached hydrogen (secondary N) is 3. The summed E-state index contributed by atoms with van der Waals surface area (Å²) in [7, 11) is 0. The van der Waals surface area contributed by atoms with Crippen LogP contribution in [0.1, 0.15) is 45.6 Å². The molecule has 0 spiro atoms. The van der Waals surface area contributed by atoms with E-state index in [2.05, 4.69) is 16.0 Å². The van der Waals surface area contributed by atoms with Crippen LogP contribution in [0.25, 0.3) is 0 Å². The molecule has 0 bridgehead atoms. The van der Waals surface area contributed by atoms with Crippen LogP contribution < -0.4 is 16.0 Å². The number of carbonyl (C=O) groups is 3. The van der Waals surface area contributed by atoms with E-state index in [1.54, 1.807) is 0 Å². The number of amides is 2. The van der Waals surface area contributed by atoms with Crippen molar-refractivity contribution in [3.63, 3.8) is 0 Å². The second-order valence-electron chi connectivity index (χ2n) is 7.38. The van der Waals surface area contributed by atoms with Gasteiger partial charge in [0, 0.05) is 0 Å². The SMILES string of the molecule is CCC(C)C(NC(=O)C1CCCN1)C(=O)NC(Cc1ccccc1)C(C)=O. The van der Waals surface area contributed by atoms with Crippen LogP contribution >= 0.6 is 0 Å². The highest BCUT2D eigenvalue weighted by molar-refractivity contribution is 5.93. The largest absolute Gasteiger partial charge is 0.344 e. The fourth-order valence-corrected chi connectivity index (χ4v) is 3.27. The normalized spacial score (nSPS) is 19.7. The molecule has 148 valence electrons. The molecule has 1 aromatic carbocycles. The molecule has 3 N–H and O–H groups in total. The molecule has 1 saturated heterocycles. The van der Waals surface area contributed by atoms with E-state index in [1.165, 1.54) is 6.92 Å². The Morgan fingerprint density at radius 1 is 1.19 bits per heavy atom. The fourth-order valence-electron chi connectivity index (χ4n) is 3.27. The maximum absolute atomic E-state index is 12.9. The Hall–Kier alpha value is -2.21. The van der Waals surface area contributed by atoms with Crippen molar-refractivity contribution in [3.05, 3.63) is 35.9 Å². The van der Waals surface area contributed by atoms with E-state index in [4.69, 9.17) is 0 Å². The zero-order valence-corrected chi connectivity index (χ0v) is 16.5. The van der Waals surface area contributed by atoms with E-state index in [-0.39, 0.29) is 29.6 Å². The topological polar surface area (TPSA) is 87.3 Å². The Morgan fingerprint density at radius 2 is 1.89 bits per heavy atom. The van der Waals surface area contributed by atoms with Crippen molar-refractivity contribution in [2.24, 2.45) is 5.92 Å². The van der Waals surface area contributed by atoms with Crippen LogP contribution in [0, 0.1) is 5.92 Å². The third-order valence-corrected chi connectivity index (χ3v) is 5.26. The lowest BCUT2D eigenvalue weighted by Crippen LogP contribution is -2.56. The average molecular weight is 373 g/mol. The first-order valence-electron chi connectivity index (χ1n) is 9.80. The summed E-state index contributed by atoms with van der Waals surface area (Å²) in [5.74, 6) is -0.569. The van der Waals surface area contributed by atoms with E-state index in [1.807, 2.05) is 44.2 Å². The van der Waals surface area contributed by atoms with E-state index in [0.717, 1.165) is 31.4 Å². The summed E-state index contributed by atoms with van der Waals surface area (Å²) >= 11 is 0. The second kappa shape index (κ2) is 10.2. The summed E-state index contributed by atoms with van der Waals surface area (Å²) in [6.45, 7) is 6.22. The predicted octanol–water partition coefficient (Wildman–Crippen LogP) is 1.59. The first kappa shape index (κ1) is 21.1. The van der Waals surface area contributed by atoms with Crippen molar-refractivity contribution >= 4 is 17.6 Å². The zero-order valence-electron chi connectivity index (χ0n) is 16.5. The molecule has 2 rings (SSSR count). The second-order valence-corrected chi connectivity index (χ2v) is 7.38. The molecule has 1 fully saturated rings. The van der Waals surface area contributed by atoms with Gasteiger partial charge in [-0.2, -0.15) is 0 Å². The van der Waals surface area contributed by atoms with Gasteiger partial charge in [-0.3, -0.25) is 14.4 Å². The lowest BCUT2D eigenvalue weighted by atomic mass is 9.96. The molecule has 6 heteroatoms. The highest BCUT2D eigenvalue weighted by Crippen LogP contribution is 2.12. The van der Waals surface area contributed by atoms with Gasteiger partial charge >= 0.3 is 0 Å². The minimum Gasteiger partial charge on any atom is -0.344 e. The molecule has 4 unspecified atom stereocenters. The third kappa shape index (κ3) is 6.17. The summed E-state index contributed by atoms with van der Waals surface area (Å²) < 4.78 is 0. The Bertz CT molecular complexity index is 641. The van der Waals surface area contributed by atoms with Crippen molar-refractivity contribution in [2.75, 3.05) is 6.54 Å². The maximum Gasteiger partial charge on any atom is 0.243 e. The van der Waals surface area contributed by atoms with Gasteiger partial charge in [-0.25, -0.2) is 0 Å². The van der Waals surface area contributed by atoms with Crippen molar-refractivity contribution in [1.82, 2.24) is 16.0 Å². The predicted molar refractivity (Wildman–Crippen MR) is 105 cm³/mol. The minimum atomic E-state index is -0.650. The maximum atomic E-state index is 12.9. The zero-order chi connectivity index (χ0) is 19.8. The Labute approximate surface area is 161 Å². The first-order chi connectivity index (χ1) is 12.9. The molecule has 1 aliphatic heterocycles. The third-order valence-electron chi connectivity index (χ3n) is 5.26. The monoisotopic (exact) mass is 373 g/mol. The number of hydrogen-bond donors (Lipinski definition) is 3. The first-order valence-corrected chi connectivity index (χ1v) is 9.80. The van der Waals surface area contributed by atoms with Gasteiger partial charge in [-0.05, 0) is 44.2 Å². The lowest BCUT2D eigenvalue weighted by molar-refractivity contribution is -0.132. The smallest absolute Gasteiger partial charge is 0.243 e. The molecule has 1 heterocycles. The quantitative estimate of drug-likeness (QED) is 0.613. The molecule has 2 amide bonds. The number of ketones is 1. The van der Waals surface area contributed by atoms with Crippen molar-refractivity contribution in [2.45, 2.75) is 64.6 Å². The molecular weight excluding hydrogens is 342 g/mol. The van der Waals surface area contributed by atoms with E-state index < -0.39 is 12.1 Å². The number of carbonyl (C=O) groups excluding carboxylic acids is 3. The minimum absolute atomic E-state index is 0.0281. The fraction of sp³-hybridized carbons (Fsp3) is 0.571. The van der Waals surface area contributed by atoms with Crippen molar-refractivity contribution in [3.8, 4) is 0 Å². The lowest BCUT2D eigenvalue weighted by Gasteiger charge is -2.27. The molecule has 1 aromatic rings. The summed E-state index contributed by atoms with van der Waals surface area (Å²) in [4.78, 5) is 37.4. The molecule has 0 aliphatic carbocycles. The summed E-state index contributed by atoms with van der Waals surface area (Å²) in [5.41, 5.74) is 0.984.